The number of aromatic nitrogens is 4. The molecule has 5 aromatic carbocycles. The van der Waals surface area contributed by atoms with E-state index in [-0.39, 0.29) is 120 Å². The zero-order valence-corrected chi connectivity index (χ0v) is 80.3. The van der Waals surface area contributed by atoms with E-state index < -0.39 is 62.8 Å². The molecule has 0 atom stereocenters. The molecule has 34 nitrogen and oxygen atoms in total. The molecule has 704 valence electrons. The van der Waals surface area contributed by atoms with Crippen LogP contribution < -0.4 is 65.9 Å². The Morgan fingerprint density at radius 3 is 1.07 bits per heavy atom. The molecule has 0 saturated carbocycles. The van der Waals surface area contributed by atoms with Crippen molar-refractivity contribution < 1.29 is 86.5 Å². The molecule has 0 bridgehead atoms. The number of hydrogen-bond donors (Lipinski definition) is 3. The fourth-order valence-electron chi connectivity index (χ4n) is 16.0. The fourth-order valence-corrected chi connectivity index (χ4v) is 19.6. The lowest BCUT2D eigenvalue weighted by Gasteiger charge is -2.41. The van der Waals surface area contributed by atoms with Crippen molar-refractivity contribution in [1.29, 1.82) is 0 Å². The summed E-state index contributed by atoms with van der Waals surface area (Å²) in [5.41, 5.74) is 4.48. The normalized spacial score (nSPS) is 13.0. The second-order valence-corrected chi connectivity index (χ2v) is 35.7. The number of carboxylic acid groups (broad SMARTS) is 1. The van der Waals surface area contributed by atoms with Crippen molar-refractivity contribution in [3.05, 3.63) is 320 Å². The van der Waals surface area contributed by atoms with Crippen LogP contribution in [0.3, 0.4) is 0 Å². The Bertz CT molecular complexity index is 6770. The highest BCUT2D eigenvalue weighted by Gasteiger charge is 2.42. The number of carbonyl (C=O) groups is 8. The third kappa shape index (κ3) is 20.3. The molecular formula is C97H99BrN12O22S3. The topological polar surface area (TPSA) is 374 Å². The number of amides is 4. The number of aromatic hydroxyl groups is 1. The summed E-state index contributed by atoms with van der Waals surface area (Å²) in [6.45, 7) is 17.9. The van der Waals surface area contributed by atoms with Gasteiger partial charge in [0.2, 0.25) is 21.7 Å². The minimum Gasteiger partial charge on any atom is -0.502 e. The van der Waals surface area contributed by atoms with Crippen LogP contribution in [0.15, 0.2) is 199 Å². The van der Waals surface area contributed by atoms with Gasteiger partial charge in [-0.3, -0.25) is 72.1 Å². The maximum atomic E-state index is 13.7. The minimum atomic E-state index is -1.46. The van der Waals surface area contributed by atoms with Gasteiger partial charge in [0, 0.05) is 61.7 Å². The van der Waals surface area contributed by atoms with Crippen molar-refractivity contribution in [3.63, 3.8) is 0 Å². The highest BCUT2D eigenvalue weighted by molar-refractivity contribution is 9.11. The summed E-state index contributed by atoms with van der Waals surface area (Å²) in [4.78, 5) is 166. The molecule has 0 radical (unpaired) electrons. The second-order valence-electron chi connectivity index (χ2n) is 30.8. The lowest BCUT2D eigenvalue weighted by atomic mass is 10.1. The highest BCUT2D eigenvalue weighted by Crippen LogP contribution is 2.40. The molecule has 16 rings (SSSR count). The van der Waals surface area contributed by atoms with Gasteiger partial charge in [0.15, 0.2) is 45.8 Å². The zero-order chi connectivity index (χ0) is 96.9. The van der Waals surface area contributed by atoms with Crippen molar-refractivity contribution in [2.45, 2.75) is 94.8 Å². The van der Waals surface area contributed by atoms with E-state index in [0.717, 1.165) is 67.5 Å². The van der Waals surface area contributed by atoms with Crippen LogP contribution in [0.5, 0.6) is 34.5 Å². The molecule has 0 saturated heterocycles. The third-order valence-corrected chi connectivity index (χ3v) is 26.5. The summed E-state index contributed by atoms with van der Waals surface area (Å²) in [6.07, 6.45) is 0. The number of aromatic carboxylic acids is 1. The number of carboxylic acids is 1. The van der Waals surface area contributed by atoms with E-state index in [1.807, 2.05) is 207 Å². The average molecular weight is 1960 g/mol. The van der Waals surface area contributed by atoms with Gasteiger partial charge in [-0.05, 0) is 149 Å². The van der Waals surface area contributed by atoms with E-state index >= 15 is 0 Å². The zero-order valence-electron chi connectivity index (χ0n) is 76.2. The summed E-state index contributed by atoms with van der Waals surface area (Å²) in [5, 5.41) is 25.7. The van der Waals surface area contributed by atoms with Crippen molar-refractivity contribution in [1.82, 2.24) is 38.3 Å². The van der Waals surface area contributed by atoms with Gasteiger partial charge in [0.25, 0.3) is 23.6 Å². The first-order valence-corrected chi connectivity index (χ1v) is 45.9. The number of ether oxygens (including phenoxy) is 8. The van der Waals surface area contributed by atoms with Gasteiger partial charge in [-0.2, -0.15) is 0 Å². The summed E-state index contributed by atoms with van der Waals surface area (Å²) in [6, 6.07) is 55.4. The Balaban J connectivity index is 0.000000154. The number of para-hydroxylation sites is 2. The first kappa shape index (κ1) is 97.8. The molecule has 3 N–H and O–H groups in total. The van der Waals surface area contributed by atoms with Gasteiger partial charge in [-0.1, -0.05) is 115 Å². The Hall–Kier alpha value is -14.8. The number of pyridine rings is 4. The van der Waals surface area contributed by atoms with Crippen LogP contribution in [0.25, 0.3) is 20.9 Å². The fraction of sp³-hybridized carbons (Fsp3) is 0.278. The second kappa shape index (κ2) is 43.3. The van der Waals surface area contributed by atoms with E-state index in [1.54, 1.807) is 93.6 Å². The quantitative estimate of drug-likeness (QED) is 0.0318. The van der Waals surface area contributed by atoms with Gasteiger partial charge in [-0.15, -0.1) is 34.0 Å². The first-order valence-electron chi connectivity index (χ1n) is 42.7. The van der Waals surface area contributed by atoms with Crippen LogP contribution >= 0.6 is 49.9 Å². The standard InChI is InChI=1S/C31H31N3O6S.C24H24BrN3O5S.C23H23N3O6S.C19H21N3O5/c1-5-32-19-33(17-22-15-16-25(41-22)23-13-9-10-14-24(23)38-3)34-20(2)26(31(37)39-4)28(35)29(27(34)30(32)36)40-18-21-11-7-6-8-12-21;1-4-26-14-27(12-17-10-11-18(25)34-17)28-15(2)19(24(31)32-3)21(29)22(20(28)23(26)30)33-13-16-8-6-5-7-9-16;1-4-24-12-25(11-14-9-10-17(33-14)15-7-5-6-8-16(15)32-3)26-13(2)18(23(30)31)20(27)21(28)19(26)22(24)29;1-4-21-11-20-22-12(2)14(19(25)26-3)16(23)17(15(22)18(21)24)27-10-13-8-6-5-7-9-13/h6-16H,5,17-19H2,1-4H3;5-11H,4,12-14H2,1-3H3;5-10,28H,4,11-12H2,1-3H3,(H,30,31);5-9,20H,4,10-11H2,1-3H3. The maximum absolute atomic E-state index is 13.7. The van der Waals surface area contributed by atoms with Gasteiger partial charge >= 0.3 is 23.9 Å². The van der Waals surface area contributed by atoms with Crippen LogP contribution in [-0.4, -0.2) is 184 Å². The number of rotatable bonds is 27. The molecular weight excluding hydrogens is 1860 g/mol. The minimum absolute atomic E-state index is 0.0549. The smallest absolute Gasteiger partial charge is 0.343 e. The van der Waals surface area contributed by atoms with Crippen LogP contribution in [0, 0.1) is 27.7 Å². The van der Waals surface area contributed by atoms with Crippen LogP contribution in [-0.2, 0) is 53.7 Å². The van der Waals surface area contributed by atoms with Gasteiger partial charge in [0.05, 0.1) is 81.7 Å². The number of nitrogens with one attached hydrogen (secondary N) is 1. The van der Waals surface area contributed by atoms with Crippen LogP contribution in [0.1, 0.15) is 165 Å². The predicted octanol–water partition coefficient (Wildman–Crippen LogP) is 13.1. The van der Waals surface area contributed by atoms with E-state index in [1.165, 1.54) is 53.8 Å². The average Bonchev–Trinajstić information content (AvgIpc) is 1.56. The number of methoxy groups -OCH3 is 5. The lowest BCUT2D eigenvalue weighted by molar-refractivity contribution is 0.0583. The lowest BCUT2D eigenvalue weighted by Crippen LogP contribution is -2.55. The summed E-state index contributed by atoms with van der Waals surface area (Å²) in [5.74, 6) is -5.14. The van der Waals surface area contributed by atoms with Crippen LogP contribution in [0.4, 0.5) is 0 Å². The molecule has 0 fully saturated rings. The molecule has 4 aliphatic rings. The van der Waals surface area contributed by atoms with E-state index in [0.29, 0.717) is 69.6 Å². The molecule has 11 heterocycles. The number of hydrogen-bond acceptors (Lipinski definition) is 28. The Morgan fingerprint density at radius 1 is 0.385 bits per heavy atom. The molecule has 135 heavy (non-hydrogen) atoms. The monoisotopic (exact) mass is 1960 g/mol. The molecule has 0 aliphatic carbocycles. The summed E-state index contributed by atoms with van der Waals surface area (Å²) in [7, 11) is 6.91. The van der Waals surface area contributed by atoms with Gasteiger partial charge < -0.3 is 73.1 Å². The number of carbonyl (C=O) groups excluding carboxylic acids is 7. The van der Waals surface area contributed by atoms with E-state index in [2.05, 4.69) is 21.4 Å². The third-order valence-electron chi connectivity index (χ3n) is 22.7. The predicted molar refractivity (Wildman–Crippen MR) is 513 cm³/mol. The highest BCUT2D eigenvalue weighted by atomic mass is 79.9. The number of nitrogens with zero attached hydrogens (tertiary/aromatic N) is 11. The SMILES string of the molecule is CCN1CN(Cc2ccc(-c3ccccc3OC)s2)n2c(C)c(C(=O)O)c(=O)c(O)c2C1=O.CCN1CN(Cc2ccc(-c3ccccc3OC)s2)n2c(C)c(C(=O)OC)c(=O)c(OCc3ccccc3)c2C1=O.CCN1CN(Cc2ccc(Br)s2)n2c(C)c(C(=O)OC)c(=O)c(OCc3ccccc3)c2C1=O.CCN1CNn2c(C)c(C(=O)OC)c(=O)c(OCc3ccccc3)c2C1=O. The largest absolute Gasteiger partial charge is 0.502 e. The number of benzene rings is 5. The molecule has 7 aromatic heterocycles. The molecule has 4 amide bonds. The molecule has 0 unspecified atom stereocenters. The Labute approximate surface area is 796 Å². The number of thiophene rings is 3. The summed E-state index contributed by atoms with van der Waals surface area (Å²) < 4.78 is 50.4. The summed E-state index contributed by atoms with van der Waals surface area (Å²) >= 11 is 8.21. The molecule has 4 aliphatic heterocycles. The Kier molecular flexibility index (Phi) is 31.3. The van der Waals surface area contributed by atoms with Crippen molar-refractivity contribution in [3.8, 4) is 55.4 Å². The maximum Gasteiger partial charge on any atom is 0.343 e. The Morgan fingerprint density at radius 2 is 0.711 bits per heavy atom. The molecule has 0 spiro atoms. The van der Waals surface area contributed by atoms with E-state index in [9.17, 15) is 67.7 Å². The number of fused-ring (bicyclic) bond motifs is 4. The number of esters is 3. The van der Waals surface area contributed by atoms with Crippen molar-refractivity contribution >= 4 is 97.4 Å². The van der Waals surface area contributed by atoms with Crippen LogP contribution in [0.2, 0.25) is 0 Å². The van der Waals surface area contributed by atoms with E-state index in [4.69, 9.17) is 37.9 Å². The first-order chi connectivity index (χ1) is 65.0. The van der Waals surface area contributed by atoms with Crippen molar-refractivity contribution in [2.24, 2.45) is 0 Å². The van der Waals surface area contributed by atoms with Gasteiger partial charge in [0.1, 0.15) is 80.2 Å². The molecule has 38 heteroatoms. The van der Waals surface area contributed by atoms with Gasteiger partial charge in [-0.25, -0.2) is 19.2 Å². The van der Waals surface area contributed by atoms with Crippen molar-refractivity contribution in [2.75, 3.05) is 109 Å². The number of halogens is 1. The molecule has 12 aromatic rings.